The van der Waals surface area contributed by atoms with Crippen LogP contribution in [0.1, 0.15) is 91.4 Å². The topological polar surface area (TPSA) is 85.3 Å². The highest BCUT2D eigenvalue weighted by atomic mass is 32.1. The van der Waals surface area contributed by atoms with Crippen molar-refractivity contribution < 1.29 is 14.3 Å². The van der Waals surface area contributed by atoms with E-state index in [9.17, 15) is 9.59 Å². The molecule has 5 rings (SSSR count). The van der Waals surface area contributed by atoms with Crippen LogP contribution in [0.4, 0.5) is 4.79 Å². The molecule has 1 aliphatic carbocycles. The molecule has 7 nitrogen and oxygen atoms in total. The Hall–Kier alpha value is -3.65. The number of benzene rings is 1. The number of Topliss-reactive ketones (excluding diaryl/α,β-unsaturated/α-hetero) is 1. The van der Waals surface area contributed by atoms with Gasteiger partial charge in [0.25, 0.3) is 0 Å². The highest BCUT2D eigenvalue weighted by Crippen LogP contribution is 2.36. The van der Waals surface area contributed by atoms with Gasteiger partial charge in [-0.25, -0.2) is 19.7 Å². The van der Waals surface area contributed by atoms with Gasteiger partial charge in [0.05, 0.1) is 11.4 Å². The Bertz CT molecular complexity index is 1590. The number of amides is 1. The average molecular weight is 585 g/mol. The molecule has 0 atom stereocenters. The number of fused-ring (bicyclic) bond motifs is 1. The molecule has 0 radical (unpaired) electrons. The molecule has 1 aliphatic heterocycles. The summed E-state index contributed by atoms with van der Waals surface area (Å²) < 4.78 is 5.54. The van der Waals surface area contributed by atoms with E-state index in [1.807, 2.05) is 27.0 Å². The van der Waals surface area contributed by atoms with Gasteiger partial charge in [-0.3, -0.25) is 4.79 Å². The van der Waals surface area contributed by atoms with E-state index in [1.54, 1.807) is 11.2 Å². The van der Waals surface area contributed by atoms with E-state index in [0.717, 1.165) is 51.4 Å². The normalized spacial score (nSPS) is 15.3. The number of nitrogens with zero attached hydrogens (tertiary/aromatic N) is 4. The van der Waals surface area contributed by atoms with Crippen LogP contribution in [0, 0.1) is 6.92 Å². The fourth-order valence-electron chi connectivity index (χ4n) is 5.27. The molecule has 1 aromatic carbocycles. The van der Waals surface area contributed by atoms with Crippen LogP contribution in [-0.2, 0) is 23.0 Å². The van der Waals surface area contributed by atoms with Crippen molar-refractivity contribution in [3.63, 3.8) is 0 Å². The van der Waals surface area contributed by atoms with E-state index >= 15 is 0 Å². The molecule has 220 valence electrons. The van der Waals surface area contributed by atoms with E-state index < -0.39 is 5.60 Å². The van der Waals surface area contributed by atoms with Gasteiger partial charge in [0.1, 0.15) is 11.9 Å². The Morgan fingerprint density at radius 1 is 1.05 bits per heavy atom. The third-order valence-electron chi connectivity index (χ3n) is 7.65. The second-order valence-electron chi connectivity index (χ2n) is 13.2. The lowest BCUT2D eigenvalue weighted by Crippen LogP contribution is -2.39. The van der Waals surface area contributed by atoms with Gasteiger partial charge in [-0.2, -0.15) is 0 Å². The number of carbonyl (C=O) groups is 2. The monoisotopic (exact) mass is 584 g/mol. The number of aromatic nitrogens is 3. The molecule has 0 saturated carbocycles. The molecule has 2 aliphatic rings. The maximum absolute atomic E-state index is 12.8. The zero-order chi connectivity index (χ0) is 30.2. The fraction of sp³-hybridized carbons (Fsp3) is 0.441. The number of ether oxygens (including phenoxy) is 1. The highest BCUT2D eigenvalue weighted by Gasteiger charge is 2.27. The predicted octanol–water partition coefficient (Wildman–Crippen LogP) is 7.53. The molecule has 0 saturated heterocycles. The number of ketones is 1. The van der Waals surface area contributed by atoms with Crippen LogP contribution in [0.5, 0.6) is 0 Å². The summed E-state index contributed by atoms with van der Waals surface area (Å²) in [5, 5.41) is 0.597. The predicted molar refractivity (Wildman–Crippen MR) is 168 cm³/mol. The van der Waals surface area contributed by atoms with Crippen LogP contribution in [0.25, 0.3) is 17.3 Å². The molecular formula is C34H40N4O3S. The second-order valence-corrected chi connectivity index (χ2v) is 14.2. The van der Waals surface area contributed by atoms with Gasteiger partial charge < -0.3 is 9.64 Å². The number of thiazole rings is 1. The SMILES string of the molecule is Cc1cc(-c2ncnc3c2CC(C2=CCN(C(=O)OC(C)(C)C)CC2)=C3)ccc1CCC(=O)c1ncc(C(C)(C)C)s1. The third-order valence-corrected chi connectivity index (χ3v) is 9.12. The summed E-state index contributed by atoms with van der Waals surface area (Å²) in [5.41, 5.74) is 8.37. The summed E-state index contributed by atoms with van der Waals surface area (Å²) >= 11 is 1.51. The lowest BCUT2D eigenvalue weighted by Gasteiger charge is -2.29. The Morgan fingerprint density at radius 2 is 1.83 bits per heavy atom. The number of hydrogen-bond donors (Lipinski definition) is 0. The van der Waals surface area contributed by atoms with Gasteiger partial charge in [0.15, 0.2) is 10.8 Å². The zero-order valence-corrected chi connectivity index (χ0v) is 26.5. The van der Waals surface area contributed by atoms with E-state index in [0.29, 0.717) is 30.9 Å². The minimum Gasteiger partial charge on any atom is -0.444 e. The van der Waals surface area contributed by atoms with Crippen molar-refractivity contribution in [2.75, 3.05) is 13.1 Å². The number of allylic oxidation sites excluding steroid dienone is 1. The minimum atomic E-state index is -0.502. The molecule has 0 N–H and O–H groups in total. The Labute approximate surface area is 252 Å². The van der Waals surface area contributed by atoms with Gasteiger partial charge in [-0.05, 0) is 80.4 Å². The smallest absolute Gasteiger partial charge is 0.410 e. The quantitative estimate of drug-likeness (QED) is 0.279. The van der Waals surface area contributed by atoms with Crippen molar-refractivity contribution in [3.8, 4) is 11.3 Å². The Morgan fingerprint density at radius 3 is 2.48 bits per heavy atom. The van der Waals surface area contributed by atoms with E-state index in [-0.39, 0.29) is 17.3 Å². The van der Waals surface area contributed by atoms with Crippen LogP contribution in [-0.4, -0.2) is 50.4 Å². The lowest BCUT2D eigenvalue weighted by molar-refractivity contribution is 0.0266. The minimum absolute atomic E-state index is 0.00357. The summed E-state index contributed by atoms with van der Waals surface area (Å²) in [4.78, 5) is 41.8. The first-order valence-corrected chi connectivity index (χ1v) is 15.4. The fourth-order valence-corrected chi connectivity index (χ4v) is 6.21. The first-order valence-electron chi connectivity index (χ1n) is 14.6. The van der Waals surface area contributed by atoms with Gasteiger partial charge in [-0.1, -0.05) is 39.0 Å². The summed E-state index contributed by atoms with van der Waals surface area (Å²) in [5.74, 6) is 0.0948. The first kappa shape index (κ1) is 29.8. The average Bonchev–Trinajstić information content (AvgIpc) is 3.59. The lowest BCUT2D eigenvalue weighted by atomic mass is 9.94. The molecule has 8 heteroatoms. The van der Waals surface area contributed by atoms with Crippen LogP contribution in [0.15, 0.2) is 47.9 Å². The van der Waals surface area contributed by atoms with Gasteiger partial charge in [-0.15, -0.1) is 11.3 Å². The highest BCUT2D eigenvalue weighted by molar-refractivity contribution is 7.13. The van der Waals surface area contributed by atoms with E-state index in [4.69, 9.17) is 4.74 Å². The van der Waals surface area contributed by atoms with Crippen LogP contribution in [0.3, 0.4) is 0 Å². The number of hydrogen-bond acceptors (Lipinski definition) is 7. The molecule has 0 spiro atoms. The largest absolute Gasteiger partial charge is 0.444 e. The van der Waals surface area contributed by atoms with E-state index in [1.165, 1.54) is 22.5 Å². The molecule has 42 heavy (non-hydrogen) atoms. The molecular weight excluding hydrogens is 544 g/mol. The summed E-state index contributed by atoms with van der Waals surface area (Å²) in [6.45, 7) is 15.3. The van der Waals surface area contributed by atoms with E-state index in [2.05, 4.69) is 73.0 Å². The van der Waals surface area contributed by atoms with Crippen LogP contribution in [0.2, 0.25) is 0 Å². The summed E-state index contributed by atoms with van der Waals surface area (Å²) in [6.07, 6.45) is 10.2. The second kappa shape index (κ2) is 11.6. The van der Waals surface area contributed by atoms with Gasteiger partial charge in [0, 0.05) is 48.1 Å². The number of carbonyl (C=O) groups excluding carboxylic acids is 2. The first-order chi connectivity index (χ1) is 19.8. The van der Waals surface area contributed by atoms with Gasteiger partial charge in [0.2, 0.25) is 0 Å². The Kier molecular flexibility index (Phi) is 8.21. The molecule has 3 heterocycles. The standard InChI is InChI=1S/C34H40N4O3S/c1-21-16-24(9-8-22(21)10-11-28(39)31-35-19-29(42-31)33(2,3)4)30-26-17-25(18-27(26)36-20-37-30)23-12-14-38(15-13-23)32(40)41-34(5,6)7/h8-9,12,16,18-20H,10-11,13-15,17H2,1-7H3. The molecule has 3 aromatic rings. The molecule has 0 unspecified atom stereocenters. The van der Waals surface area contributed by atoms with Crippen LogP contribution < -0.4 is 0 Å². The molecule has 0 fully saturated rings. The maximum atomic E-state index is 12.8. The summed E-state index contributed by atoms with van der Waals surface area (Å²) in [7, 11) is 0. The zero-order valence-electron chi connectivity index (χ0n) is 25.7. The van der Waals surface area contributed by atoms with Gasteiger partial charge >= 0.3 is 6.09 Å². The van der Waals surface area contributed by atoms with Crippen LogP contribution >= 0.6 is 11.3 Å². The van der Waals surface area contributed by atoms with Crippen molar-refractivity contribution in [2.24, 2.45) is 0 Å². The van der Waals surface area contributed by atoms with Crippen molar-refractivity contribution in [3.05, 3.63) is 80.2 Å². The molecule has 2 aromatic heterocycles. The maximum Gasteiger partial charge on any atom is 0.410 e. The number of rotatable bonds is 6. The number of aryl methyl sites for hydroxylation is 2. The van der Waals surface area contributed by atoms with Crippen molar-refractivity contribution in [1.82, 2.24) is 19.9 Å². The summed E-state index contributed by atoms with van der Waals surface area (Å²) in [6, 6.07) is 6.39. The van der Waals surface area contributed by atoms with Crippen molar-refractivity contribution in [2.45, 2.75) is 85.2 Å². The molecule has 1 amide bonds. The third kappa shape index (κ3) is 6.70. The van der Waals surface area contributed by atoms with Crippen molar-refractivity contribution in [1.29, 1.82) is 0 Å². The Balaban J connectivity index is 1.24. The molecule has 0 bridgehead atoms. The van der Waals surface area contributed by atoms with Crippen molar-refractivity contribution >= 4 is 29.3 Å².